The van der Waals surface area contributed by atoms with Crippen LogP contribution in [0, 0.1) is 11.3 Å². The molecule has 0 aliphatic carbocycles. The van der Waals surface area contributed by atoms with Gasteiger partial charge in [0.25, 0.3) is 0 Å². The lowest BCUT2D eigenvalue weighted by molar-refractivity contribution is 0.179. The summed E-state index contributed by atoms with van der Waals surface area (Å²) < 4.78 is 0.782. The molecule has 0 bridgehead atoms. The second-order valence-electron chi connectivity index (χ2n) is 3.90. The van der Waals surface area contributed by atoms with Crippen molar-refractivity contribution in [3.63, 3.8) is 0 Å². The summed E-state index contributed by atoms with van der Waals surface area (Å²) in [5.74, 6) is 0. The SMILES string of the molecule is CC(O)CC(C)Nc1cccc(Br)c1C#N. The molecule has 1 aromatic carbocycles. The molecule has 0 spiro atoms. The van der Waals surface area contributed by atoms with E-state index in [0.717, 1.165) is 10.2 Å². The summed E-state index contributed by atoms with van der Waals surface area (Å²) >= 11 is 3.34. The second-order valence-corrected chi connectivity index (χ2v) is 4.76. The Morgan fingerprint density at radius 1 is 1.50 bits per heavy atom. The zero-order chi connectivity index (χ0) is 12.1. The van der Waals surface area contributed by atoms with Crippen molar-refractivity contribution in [2.24, 2.45) is 0 Å². The molecule has 3 nitrogen and oxygen atoms in total. The van der Waals surface area contributed by atoms with Crippen molar-refractivity contribution in [2.45, 2.75) is 32.4 Å². The first-order valence-electron chi connectivity index (χ1n) is 5.17. The van der Waals surface area contributed by atoms with Crippen molar-refractivity contribution in [3.05, 3.63) is 28.2 Å². The fraction of sp³-hybridized carbons (Fsp3) is 0.417. The van der Waals surface area contributed by atoms with Gasteiger partial charge in [-0.2, -0.15) is 5.26 Å². The van der Waals surface area contributed by atoms with Gasteiger partial charge in [-0.05, 0) is 48.3 Å². The first-order chi connectivity index (χ1) is 7.54. The number of aliphatic hydroxyl groups excluding tert-OH is 1. The Balaban J connectivity index is 2.82. The van der Waals surface area contributed by atoms with Gasteiger partial charge in [0.15, 0.2) is 0 Å². The number of nitriles is 1. The minimum absolute atomic E-state index is 0.126. The highest BCUT2D eigenvalue weighted by Crippen LogP contribution is 2.24. The van der Waals surface area contributed by atoms with Crippen LogP contribution >= 0.6 is 15.9 Å². The summed E-state index contributed by atoms with van der Waals surface area (Å²) in [4.78, 5) is 0. The van der Waals surface area contributed by atoms with E-state index in [9.17, 15) is 5.11 Å². The maximum atomic E-state index is 9.27. The number of hydrogen-bond acceptors (Lipinski definition) is 3. The van der Waals surface area contributed by atoms with Gasteiger partial charge in [0.1, 0.15) is 6.07 Å². The predicted molar refractivity (Wildman–Crippen MR) is 68.2 cm³/mol. The number of nitrogens with one attached hydrogen (secondary N) is 1. The minimum atomic E-state index is -0.347. The average molecular weight is 283 g/mol. The predicted octanol–water partition coefficient (Wildman–Crippen LogP) is 2.89. The largest absolute Gasteiger partial charge is 0.393 e. The van der Waals surface area contributed by atoms with Gasteiger partial charge >= 0.3 is 0 Å². The molecule has 0 radical (unpaired) electrons. The third-order valence-corrected chi connectivity index (χ3v) is 2.88. The fourth-order valence-electron chi connectivity index (χ4n) is 1.59. The molecule has 0 aliphatic heterocycles. The molecule has 1 rings (SSSR count). The fourth-order valence-corrected chi connectivity index (χ4v) is 2.05. The summed E-state index contributed by atoms with van der Waals surface area (Å²) in [6.07, 6.45) is 0.303. The van der Waals surface area contributed by atoms with E-state index in [1.165, 1.54) is 0 Å². The van der Waals surface area contributed by atoms with E-state index < -0.39 is 0 Å². The maximum absolute atomic E-state index is 9.27. The maximum Gasteiger partial charge on any atom is 0.103 e. The second kappa shape index (κ2) is 5.88. The van der Waals surface area contributed by atoms with Gasteiger partial charge in [0.05, 0.1) is 17.4 Å². The Kier molecular flexibility index (Phi) is 4.78. The van der Waals surface area contributed by atoms with E-state index in [1.54, 1.807) is 6.92 Å². The lowest BCUT2D eigenvalue weighted by atomic mass is 10.1. The van der Waals surface area contributed by atoms with Crippen molar-refractivity contribution >= 4 is 21.6 Å². The van der Waals surface area contributed by atoms with Crippen molar-refractivity contribution in [1.82, 2.24) is 0 Å². The number of rotatable bonds is 4. The number of halogens is 1. The van der Waals surface area contributed by atoms with Crippen LogP contribution in [0.5, 0.6) is 0 Å². The van der Waals surface area contributed by atoms with Crippen LogP contribution in [0.2, 0.25) is 0 Å². The molecular weight excluding hydrogens is 268 g/mol. The van der Waals surface area contributed by atoms with Crippen molar-refractivity contribution < 1.29 is 5.11 Å². The highest BCUT2D eigenvalue weighted by molar-refractivity contribution is 9.10. The summed E-state index contributed by atoms with van der Waals surface area (Å²) in [5, 5.41) is 21.5. The molecule has 0 fully saturated rings. The van der Waals surface area contributed by atoms with E-state index in [2.05, 4.69) is 27.3 Å². The Bertz CT molecular complexity index is 398. The lowest BCUT2D eigenvalue weighted by Crippen LogP contribution is -2.21. The van der Waals surface area contributed by atoms with Crippen LogP contribution in [0.3, 0.4) is 0 Å². The van der Waals surface area contributed by atoms with E-state index in [-0.39, 0.29) is 12.1 Å². The summed E-state index contributed by atoms with van der Waals surface area (Å²) in [6.45, 7) is 3.74. The summed E-state index contributed by atoms with van der Waals surface area (Å²) in [6, 6.07) is 7.85. The van der Waals surface area contributed by atoms with Crippen LogP contribution in [0.25, 0.3) is 0 Å². The zero-order valence-electron chi connectivity index (χ0n) is 9.37. The van der Waals surface area contributed by atoms with Crippen LogP contribution in [-0.4, -0.2) is 17.3 Å². The van der Waals surface area contributed by atoms with Gasteiger partial charge in [-0.25, -0.2) is 0 Å². The molecule has 0 saturated heterocycles. The average Bonchev–Trinajstić information content (AvgIpc) is 2.16. The third kappa shape index (κ3) is 3.51. The summed E-state index contributed by atoms with van der Waals surface area (Å²) in [7, 11) is 0. The number of nitrogens with zero attached hydrogens (tertiary/aromatic N) is 1. The first kappa shape index (κ1) is 13.0. The van der Waals surface area contributed by atoms with Crippen LogP contribution in [0.1, 0.15) is 25.8 Å². The molecule has 0 saturated carbocycles. The first-order valence-corrected chi connectivity index (χ1v) is 5.97. The molecule has 2 atom stereocenters. The van der Waals surface area contributed by atoms with E-state index in [4.69, 9.17) is 5.26 Å². The Morgan fingerprint density at radius 2 is 2.19 bits per heavy atom. The molecule has 16 heavy (non-hydrogen) atoms. The Hall–Kier alpha value is -1.05. The third-order valence-electron chi connectivity index (χ3n) is 2.22. The number of aliphatic hydroxyl groups is 1. The number of anilines is 1. The lowest BCUT2D eigenvalue weighted by Gasteiger charge is -2.17. The van der Waals surface area contributed by atoms with Crippen molar-refractivity contribution in [1.29, 1.82) is 5.26 Å². The number of benzene rings is 1. The molecule has 86 valence electrons. The zero-order valence-corrected chi connectivity index (χ0v) is 11.0. The molecule has 2 N–H and O–H groups in total. The quantitative estimate of drug-likeness (QED) is 0.893. The normalized spacial score (nSPS) is 13.9. The standard InChI is InChI=1S/C12H15BrN2O/c1-8(6-9(2)16)15-12-5-3-4-11(13)10(12)7-14/h3-5,8-9,15-16H,6H2,1-2H3. The van der Waals surface area contributed by atoms with Crippen LogP contribution < -0.4 is 5.32 Å². The highest BCUT2D eigenvalue weighted by Gasteiger charge is 2.10. The molecule has 1 aromatic rings. The van der Waals surface area contributed by atoms with Gasteiger partial charge in [-0.1, -0.05) is 6.07 Å². The van der Waals surface area contributed by atoms with Gasteiger partial charge < -0.3 is 10.4 Å². The van der Waals surface area contributed by atoms with Crippen molar-refractivity contribution in [3.8, 4) is 6.07 Å². The van der Waals surface area contributed by atoms with E-state index >= 15 is 0 Å². The monoisotopic (exact) mass is 282 g/mol. The molecule has 2 unspecified atom stereocenters. The minimum Gasteiger partial charge on any atom is -0.393 e. The summed E-state index contributed by atoms with van der Waals surface area (Å²) in [5.41, 5.74) is 1.39. The smallest absolute Gasteiger partial charge is 0.103 e. The van der Waals surface area contributed by atoms with Gasteiger partial charge in [0, 0.05) is 10.5 Å². The van der Waals surface area contributed by atoms with Crippen LogP contribution in [0.4, 0.5) is 5.69 Å². The molecule has 0 aliphatic rings. The van der Waals surface area contributed by atoms with E-state index in [1.807, 2.05) is 25.1 Å². The number of hydrogen-bond donors (Lipinski definition) is 2. The van der Waals surface area contributed by atoms with Gasteiger partial charge in [0.2, 0.25) is 0 Å². The van der Waals surface area contributed by atoms with Crippen LogP contribution in [0.15, 0.2) is 22.7 Å². The van der Waals surface area contributed by atoms with Gasteiger partial charge in [-0.15, -0.1) is 0 Å². The molecule has 4 heteroatoms. The topological polar surface area (TPSA) is 56.0 Å². The van der Waals surface area contributed by atoms with Gasteiger partial charge in [-0.3, -0.25) is 0 Å². The van der Waals surface area contributed by atoms with E-state index in [0.29, 0.717) is 12.0 Å². The highest BCUT2D eigenvalue weighted by atomic mass is 79.9. The molecule has 0 amide bonds. The Labute approximate surface area is 104 Å². The van der Waals surface area contributed by atoms with Crippen molar-refractivity contribution in [2.75, 3.05) is 5.32 Å². The molecular formula is C12H15BrN2O. The Morgan fingerprint density at radius 3 is 2.75 bits per heavy atom. The molecule has 0 heterocycles. The van der Waals surface area contributed by atoms with Crippen LogP contribution in [-0.2, 0) is 0 Å². The molecule has 0 aromatic heterocycles.